The lowest BCUT2D eigenvalue weighted by Crippen LogP contribution is -2.06. The molecule has 0 fully saturated rings. The Morgan fingerprint density at radius 3 is 2.71 bits per heavy atom. The first-order chi connectivity index (χ1) is 6.52. The first kappa shape index (κ1) is 10.6. The van der Waals surface area contributed by atoms with Crippen molar-refractivity contribution >= 4 is 5.97 Å². The van der Waals surface area contributed by atoms with Gasteiger partial charge in [0, 0.05) is 18.0 Å². The number of aromatic nitrogens is 1. The van der Waals surface area contributed by atoms with E-state index in [4.69, 9.17) is 5.11 Å². The molecule has 1 aromatic heterocycles. The van der Waals surface area contributed by atoms with Crippen molar-refractivity contribution in [2.24, 2.45) is 0 Å². The quantitative estimate of drug-likeness (QED) is 0.813. The summed E-state index contributed by atoms with van der Waals surface area (Å²) < 4.78 is 24.9. The summed E-state index contributed by atoms with van der Waals surface area (Å²) in [5.41, 5.74) is 0.333. The Labute approximate surface area is 79.4 Å². The smallest absolute Gasteiger partial charge is 0.307 e. The van der Waals surface area contributed by atoms with E-state index in [1.807, 2.05) is 0 Å². The lowest BCUT2D eigenvalue weighted by atomic mass is 10.0. The Morgan fingerprint density at radius 1 is 1.57 bits per heavy atom. The van der Waals surface area contributed by atoms with Gasteiger partial charge in [0.25, 0.3) is 6.43 Å². The topological polar surface area (TPSA) is 50.2 Å². The molecule has 5 heteroatoms. The molecule has 0 amide bonds. The zero-order valence-electron chi connectivity index (χ0n) is 7.50. The number of nitrogens with zero attached hydrogens (tertiary/aromatic N) is 1. The number of rotatable bonds is 3. The Kier molecular flexibility index (Phi) is 3.11. The largest absolute Gasteiger partial charge is 0.481 e. The maximum absolute atomic E-state index is 12.4. The summed E-state index contributed by atoms with van der Waals surface area (Å²) in [7, 11) is 0. The molecule has 1 aromatic rings. The van der Waals surface area contributed by atoms with Gasteiger partial charge >= 0.3 is 5.97 Å². The minimum absolute atomic E-state index is 0.155. The summed E-state index contributed by atoms with van der Waals surface area (Å²) in [4.78, 5) is 14.0. The molecule has 1 heterocycles. The molecular weight excluding hydrogens is 192 g/mol. The minimum atomic E-state index is -2.68. The molecule has 76 valence electrons. The monoisotopic (exact) mass is 201 g/mol. The maximum Gasteiger partial charge on any atom is 0.307 e. The van der Waals surface area contributed by atoms with Crippen LogP contribution in [-0.2, 0) is 11.2 Å². The highest BCUT2D eigenvalue weighted by molar-refractivity contribution is 5.71. The van der Waals surface area contributed by atoms with Crippen molar-refractivity contribution in [1.29, 1.82) is 0 Å². The molecule has 0 spiro atoms. The Bertz CT molecular complexity index is 353. The van der Waals surface area contributed by atoms with E-state index in [1.54, 1.807) is 6.92 Å². The Hall–Kier alpha value is -1.52. The average Bonchev–Trinajstić information content (AvgIpc) is 2.07. The lowest BCUT2D eigenvalue weighted by Gasteiger charge is -2.08. The molecule has 1 rings (SSSR count). The van der Waals surface area contributed by atoms with Gasteiger partial charge in [-0.25, -0.2) is 8.78 Å². The molecule has 0 unspecified atom stereocenters. The van der Waals surface area contributed by atoms with Crippen molar-refractivity contribution in [1.82, 2.24) is 4.98 Å². The van der Waals surface area contributed by atoms with Gasteiger partial charge in [0.1, 0.15) is 0 Å². The lowest BCUT2D eigenvalue weighted by molar-refractivity contribution is -0.136. The number of carboxylic acids is 1. The summed E-state index contributed by atoms with van der Waals surface area (Å²) >= 11 is 0. The number of alkyl halides is 2. The minimum Gasteiger partial charge on any atom is -0.481 e. The molecule has 0 aliphatic carbocycles. The van der Waals surface area contributed by atoms with Gasteiger partial charge in [-0.2, -0.15) is 0 Å². The van der Waals surface area contributed by atoms with Crippen LogP contribution in [0.3, 0.4) is 0 Å². The first-order valence-corrected chi connectivity index (χ1v) is 3.95. The number of pyridine rings is 1. The number of aryl methyl sites for hydroxylation is 1. The molecule has 3 nitrogen and oxygen atoms in total. The normalized spacial score (nSPS) is 10.6. The fraction of sp³-hybridized carbons (Fsp3) is 0.333. The van der Waals surface area contributed by atoms with E-state index in [-0.39, 0.29) is 11.1 Å². The third kappa shape index (κ3) is 2.25. The van der Waals surface area contributed by atoms with Gasteiger partial charge in [-0.05, 0) is 18.1 Å². The van der Waals surface area contributed by atoms with Crippen LogP contribution in [0.15, 0.2) is 12.4 Å². The van der Waals surface area contributed by atoms with Gasteiger partial charge in [0.2, 0.25) is 0 Å². The van der Waals surface area contributed by atoms with Crippen LogP contribution in [0, 0.1) is 6.92 Å². The predicted molar refractivity (Wildman–Crippen MR) is 45.3 cm³/mol. The molecule has 1 N–H and O–H groups in total. The van der Waals surface area contributed by atoms with Gasteiger partial charge < -0.3 is 5.11 Å². The Balaban J connectivity index is 3.15. The van der Waals surface area contributed by atoms with E-state index in [0.29, 0.717) is 5.56 Å². The van der Waals surface area contributed by atoms with Crippen molar-refractivity contribution in [2.75, 3.05) is 0 Å². The van der Waals surface area contributed by atoms with Crippen LogP contribution in [0.4, 0.5) is 8.78 Å². The fourth-order valence-electron chi connectivity index (χ4n) is 1.19. The van der Waals surface area contributed by atoms with Gasteiger partial charge in [0.15, 0.2) is 0 Å². The van der Waals surface area contributed by atoms with E-state index in [9.17, 15) is 13.6 Å². The van der Waals surface area contributed by atoms with Crippen LogP contribution in [-0.4, -0.2) is 16.1 Å². The molecule has 0 aliphatic heterocycles. The molecule has 0 saturated heterocycles. The third-order valence-corrected chi connectivity index (χ3v) is 1.87. The van der Waals surface area contributed by atoms with E-state index >= 15 is 0 Å². The third-order valence-electron chi connectivity index (χ3n) is 1.87. The molecule has 0 aromatic carbocycles. The molecule has 0 radical (unpaired) electrons. The molecule has 0 bridgehead atoms. The summed E-state index contributed by atoms with van der Waals surface area (Å²) in [5.74, 6) is -1.12. The Morgan fingerprint density at radius 2 is 2.21 bits per heavy atom. The summed E-state index contributed by atoms with van der Waals surface area (Å²) in [6.45, 7) is 1.57. The van der Waals surface area contributed by atoms with Gasteiger partial charge in [-0.1, -0.05) is 0 Å². The number of aliphatic carboxylic acids is 1. The highest BCUT2D eigenvalue weighted by Gasteiger charge is 2.16. The summed E-state index contributed by atoms with van der Waals surface area (Å²) in [6, 6.07) is 0. The number of carbonyl (C=O) groups is 1. The highest BCUT2D eigenvalue weighted by Crippen LogP contribution is 2.24. The van der Waals surface area contributed by atoms with Gasteiger partial charge in [0.05, 0.1) is 6.42 Å². The van der Waals surface area contributed by atoms with Crippen LogP contribution in [0.1, 0.15) is 23.1 Å². The van der Waals surface area contributed by atoms with Gasteiger partial charge in [-0.15, -0.1) is 0 Å². The average molecular weight is 201 g/mol. The second-order valence-electron chi connectivity index (χ2n) is 2.90. The van der Waals surface area contributed by atoms with E-state index in [1.165, 1.54) is 6.20 Å². The zero-order valence-corrected chi connectivity index (χ0v) is 7.50. The molecule has 0 aliphatic rings. The maximum atomic E-state index is 12.4. The van der Waals surface area contributed by atoms with E-state index in [0.717, 1.165) is 6.20 Å². The second-order valence-corrected chi connectivity index (χ2v) is 2.90. The van der Waals surface area contributed by atoms with Crippen LogP contribution < -0.4 is 0 Å². The van der Waals surface area contributed by atoms with Crippen molar-refractivity contribution in [3.05, 3.63) is 29.1 Å². The first-order valence-electron chi connectivity index (χ1n) is 3.95. The molecule has 14 heavy (non-hydrogen) atoms. The van der Waals surface area contributed by atoms with Crippen molar-refractivity contribution in [3.63, 3.8) is 0 Å². The van der Waals surface area contributed by atoms with Gasteiger partial charge in [-0.3, -0.25) is 9.78 Å². The van der Waals surface area contributed by atoms with Crippen LogP contribution >= 0.6 is 0 Å². The standard InChI is InChI=1S/C9H9F2NO2/c1-5-3-12-4-7(9(10)11)6(5)2-8(13)14/h3-4,9H,2H2,1H3,(H,13,14). The van der Waals surface area contributed by atoms with Crippen molar-refractivity contribution < 1.29 is 18.7 Å². The predicted octanol–water partition coefficient (Wildman–Crippen LogP) is 1.95. The van der Waals surface area contributed by atoms with Crippen molar-refractivity contribution in [2.45, 2.75) is 19.8 Å². The van der Waals surface area contributed by atoms with Crippen molar-refractivity contribution in [3.8, 4) is 0 Å². The molecule has 0 saturated carbocycles. The number of halogens is 2. The molecular formula is C9H9F2NO2. The SMILES string of the molecule is Cc1cncc(C(F)F)c1CC(=O)O. The number of hydrogen-bond acceptors (Lipinski definition) is 2. The van der Waals surface area contributed by atoms with Crippen LogP contribution in [0.2, 0.25) is 0 Å². The number of hydrogen-bond donors (Lipinski definition) is 1. The van der Waals surface area contributed by atoms with Crippen LogP contribution in [0.5, 0.6) is 0 Å². The highest BCUT2D eigenvalue weighted by atomic mass is 19.3. The summed E-state index contributed by atoms with van der Waals surface area (Å²) in [5, 5.41) is 8.53. The second kappa shape index (κ2) is 4.13. The molecule has 0 atom stereocenters. The number of carboxylic acid groups (broad SMARTS) is 1. The van der Waals surface area contributed by atoms with Crippen LogP contribution in [0.25, 0.3) is 0 Å². The van der Waals surface area contributed by atoms with E-state index in [2.05, 4.69) is 4.98 Å². The van der Waals surface area contributed by atoms with E-state index < -0.39 is 18.8 Å². The fourth-order valence-corrected chi connectivity index (χ4v) is 1.19. The summed E-state index contributed by atoms with van der Waals surface area (Å²) in [6.07, 6.45) is -0.689. The zero-order chi connectivity index (χ0) is 10.7.